The van der Waals surface area contributed by atoms with Crippen molar-refractivity contribution >= 4 is 67.2 Å². The number of H-pyrrole nitrogens is 4. The van der Waals surface area contributed by atoms with Crippen LogP contribution in [0.1, 0.15) is 110 Å². The van der Waals surface area contributed by atoms with Crippen LogP contribution in [0.5, 0.6) is 0 Å². The number of hydrogen-bond acceptors (Lipinski definition) is 4. The van der Waals surface area contributed by atoms with E-state index in [1.807, 2.05) is 48.8 Å². The third-order valence-electron chi connectivity index (χ3n) is 12.7. The van der Waals surface area contributed by atoms with Crippen molar-refractivity contribution in [3.8, 4) is 0 Å². The second kappa shape index (κ2) is 22.7. The Hall–Kier alpha value is -7.08. The third-order valence-corrected chi connectivity index (χ3v) is 12.7. The third kappa shape index (κ3) is 11.4. The van der Waals surface area contributed by atoms with E-state index in [0.717, 1.165) is 105 Å². The molecule has 4 aromatic carbocycles. The molecule has 8 N–H and O–H groups in total. The van der Waals surface area contributed by atoms with Crippen LogP contribution in [-0.2, 0) is 19.2 Å². The Morgan fingerprint density at radius 1 is 0.455 bits per heavy atom. The molecule has 0 saturated heterocycles. The summed E-state index contributed by atoms with van der Waals surface area (Å²) in [5, 5.41) is 16.1. The number of amides is 4. The molecule has 8 aromatic rings. The minimum absolute atomic E-state index is 0.0388. The highest BCUT2D eigenvalue weighted by atomic mass is 16.2. The summed E-state index contributed by atoms with van der Waals surface area (Å²) < 4.78 is 0. The average Bonchev–Trinajstić information content (AvgIpc) is 4.12. The van der Waals surface area contributed by atoms with Crippen molar-refractivity contribution in [1.82, 2.24) is 41.2 Å². The Balaban J connectivity index is 0.000000197. The Labute approximate surface area is 386 Å². The molecule has 0 atom stereocenters. The van der Waals surface area contributed by atoms with Gasteiger partial charge in [-0.2, -0.15) is 0 Å². The van der Waals surface area contributed by atoms with E-state index in [-0.39, 0.29) is 35.5 Å². The first-order valence-corrected chi connectivity index (χ1v) is 23.4. The molecular formula is C54H64N8O4. The number of aromatic amines is 4. The lowest BCUT2D eigenvalue weighted by atomic mass is 9.84. The van der Waals surface area contributed by atoms with Gasteiger partial charge in [0, 0.05) is 132 Å². The number of para-hydroxylation sites is 4. The molecule has 12 nitrogen and oxygen atoms in total. The number of carbonyl (C=O) groups excluding carboxylic acids is 4. The summed E-state index contributed by atoms with van der Waals surface area (Å²) in [6, 6.07) is 33.0. The first-order chi connectivity index (χ1) is 32.2. The van der Waals surface area contributed by atoms with E-state index in [9.17, 15) is 19.2 Å². The van der Waals surface area contributed by atoms with Gasteiger partial charge >= 0.3 is 0 Å². The van der Waals surface area contributed by atoms with Crippen LogP contribution in [0.4, 0.5) is 0 Å². The van der Waals surface area contributed by atoms with Crippen LogP contribution in [0.2, 0.25) is 0 Å². The molecule has 0 spiro atoms. The quantitative estimate of drug-likeness (QED) is 0.0355. The van der Waals surface area contributed by atoms with Crippen molar-refractivity contribution in [2.75, 3.05) is 27.2 Å². The summed E-state index contributed by atoms with van der Waals surface area (Å²) in [4.78, 5) is 62.4. The van der Waals surface area contributed by atoms with Gasteiger partial charge in [-0.15, -0.1) is 0 Å². The summed E-state index contributed by atoms with van der Waals surface area (Å²) >= 11 is 0. The molecule has 0 aliphatic rings. The fraction of sp³-hybridized carbons (Fsp3) is 0.333. The van der Waals surface area contributed by atoms with Gasteiger partial charge in [0.05, 0.1) is 0 Å². The van der Waals surface area contributed by atoms with Crippen LogP contribution in [0.25, 0.3) is 43.6 Å². The van der Waals surface area contributed by atoms with Gasteiger partial charge in [-0.1, -0.05) is 85.6 Å². The number of fused-ring (bicyclic) bond motifs is 4. The molecule has 8 rings (SSSR count). The zero-order valence-electron chi connectivity index (χ0n) is 38.7. The highest BCUT2D eigenvalue weighted by Crippen LogP contribution is 2.41. The van der Waals surface area contributed by atoms with Crippen molar-refractivity contribution in [3.63, 3.8) is 0 Å². The maximum atomic E-state index is 13.1. The van der Waals surface area contributed by atoms with Crippen LogP contribution in [-0.4, -0.2) is 70.7 Å². The summed E-state index contributed by atoms with van der Waals surface area (Å²) in [5.41, 5.74) is 11.2. The molecule has 0 aliphatic carbocycles. The molecule has 0 saturated carbocycles. The smallest absolute Gasteiger partial charge is 0.220 e. The largest absolute Gasteiger partial charge is 0.361 e. The monoisotopic (exact) mass is 889 g/mol. The van der Waals surface area contributed by atoms with Crippen molar-refractivity contribution in [3.05, 3.63) is 143 Å². The minimum atomic E-state index is -0.0689. The molecule has 4 aromatic heterocycles. The maximum Gasteiger partial charge on any atom is 0.220 e. The highest BCUT2D eigenvalue weighted by molar-refractivity contribution is 5.92. The van der Waals surface area contributed by atoms with Crippen LogP contribution in [0.15, 0.2) is 109 Å². The maximum absolute atomic E-state index is 13.1. The Kier molecular flexibility index (Phi) is 16.1. The van der Waals surface area contributed by atoms with E-state index in [0.29, 0.717) is 38.8 Å². The predicted molar refractivity (Wildman–Crippen MR) is 267 cm³/mol. The van der Waals surface area contributed by atoms with Gasteiger partial charge in [0.25, 0.3) is 0 Å². The standard InChI is InChI=1S/C28H34N4O2.C26H30N4O2/c1-18-27(20-11-6-8-13-23(20)31-18)22(28-19(2)32-24-14-9-7-12-21(24)28)17-26(34)30-16-10-4-5-15-25(33)29-3;1-27-25(31)13-3-2-8-14-28-26(32)15-20(21-16-29-23-11-6-4-9-18(21)23)22-17-30-24-12-7-5-10-19(22)24/h6-9,11-14,22,31-32H,4-5,10,15-17H2,1-3H3,(H,29,33)(H,30,34);4-7,9-12,16-17,20,29-30H,2-3,8,13-15H2,1H3,(H,27,31)(H,28,32). The van der Waals surface area contributed by atoms with Gasteiger partial charge in [0.15, 0.2) is 0 Å². The molecule has 0 fully saturated rings. The molecule has 12 heteroatoms. The molecule has 344 valence electrons. The predicted octanol–water partition coefficient (Wildman–Crippen LogP) is 9.80. The second-order valence-electron chi connectivity index (χ2n) is 17.2. The number of nitrogens with one attached hydrogen (secondary N) is 8. The summed E-state index contributed by atoms with van der Waals surface area (Å²) in [6.45, 7) is 5.44. The fourth-order valence-electron chi connectivity index (χ4n) is 9.39. The van der Waals surface area contributed by atoms with Gasteiger partial charge in [0.1, 0.15) is 0 Å². The number of benzene rings is 4. The van der Waals surface area contributed by atoms with Crippen LogP contribution >= 0.6 is 0 Å². The zero-order valence-corrected chi connectivity index (χ0v) is 38.7. The average molecular weight is 889 g/mol. The van der Waals surface area contributed by atoms with Crippen molar-refractivity contribution in [2.24, 2.45) is 0 Å². The number of unbranched alkanes of at least 4 members (excludes halogenated alkanes) is 4. The Morgan fingerprint density at radius 2 is 0.833 bits per heavy atom. The number of aryl methyl sites for hydroxylation is 2. The minimum Gasteiger partial charge on any atom is -0.361 e. The van der Waals surface area contributed by atoms with Gasteiger partial charge in [0.2, 0.25) is 23.6 Å². The SMILES string of the molecule is CNC(=O)CCCCCNC(=O)CC(c1c(C)[nH]c2ccccc12)c1c(C)[nH]c2ccccc12.CNC(=O)CCCCCNC(=O)CC(c1c[nH]c2ccccc12)c1c[nH]c2ccccc12. The first kappa shape index (κ1) is 46.9. The van der Waals surface area contributed by atoms with Gasteiger partial charge in [-0.05, 0) is 86.1 Å². The number of carbonyl (C=O) groups is 4. The van der Waals surface area contributed by atoms with E-state index in [1.165, 1.54) is 11.1 Å². The first-order valence-electron chi connectivity index (χ1n) is 23.4. The van der Waals surface area contributed by atoms with Gasteiger partial charge in [-0.3, -0.25) is 19.2 Å². The molecule has 0 unspecified atom stereocenters. The van der Waals surface area contributed by atoms with Crippen molar-refractivity contribution in [2.45, 2.75) is 89.9 Å². The molecule has 0 aliphatic heterocycles. The Morgan fingerprint density at radius 3 is 1.26 bits per heavy atom. The van der Waals surface area contributed by atoms with Crippen LogP contribution < -0.4 is 21.3 Å². The molecule has 4 amide bonds. The van der Waals surface area contributed by atoms with Crippen molar-refractivity contribution < 1.29 is 19.2 Å². The van der Waals surface area contributed by atoms with E-state index in [4.69, 9.17) is 0 Å². The van der Waals surface area contributed by atoms with Gasteiger partial charge < -0.3 is 41.2 Å². The lowest BCUT2D eigenvalue weighted by Gasteiger charge is -2.19. The number of aromatic nitrogens is 4. The molecular weight excluding hydrogens is 825 g/mol. The van der Waals surface area contributed by atoms with Crippen molar-refractivity contribution in [1.29, 1.82) is 0 Å². The number of rotatable bonds is 20. The molecule has 4 heterocycles. The molecule has 0 radical (unpaired) electrons. The molecule has 0 bridgehead atoms. The van der Waals surface area contributed by atoms with Gasteiger partial charge in [-0.25, -0.2) is 0 Å². The lowest BCUT2D eigenvalue weighted by Crippen LogP contribution is -2.26. The normalized spacial score (nSPS) is 11.4. The van der Waals surface area contributed by atoms with E-state index < -0.39 is 0 Å². The molecule has 66 heavy (non-hydrogen) atoms. The fourth-order valence-corrected chi connectivity index (χ4v) is 9.39. The summed E-state index contributed by atoms with van der Waals surface area (Å²) in [6.07, 6.45) is 11.1. The summed E-state index contributed by atoms with van der Waals surface area (Å²) in [5.74, 6) is 0.0861. The van der Waals surface area contributed by atoms with E-state index >= 15 is 0 Å². The van der Waals surface area contributed by atoms with Crippen LogP contribution in [0, 0.1) is 13.8 Å². The topological polar surface area (TPSA) is 180 Å². The van der Waals surface area contributed by atoms with Crippen LogP contribution in [0.3, 0.4) is 0 Å². The zero-order chi connectivity index (χ0) is 46.4. The lowest BCUT2D eigenvalue weighted by molar-refractivity contribution is -0.122. The van der Waals surface area contributed by atoms with E-state index in [1.54, 1.807) is 14.1 Å². The second-order valence-corrected chi connectivity index (χ2v) is 17.2. The number of hydrogen-bond donors (Lipinski definition) is 8. The Bertz CT molecular complexity index is 2740. The van der Waals surface area contributed by atoms with E-state index in [2.05, 4.69) is 116 Å². The highest BCUT2D eigenvalue weighted by Gasteiger charge is 2.28. The summed E-state index contributed by atoms with van der Waals surface area (Å²) in [7, 11) is 3.31.